The average molecular weight is 387 g/mol. The van der Waals surface area contributed by atoms with E-state index in [0.717, 1.165) is 31.2 Å². The first-order valence-corrected chi connectivity index (χ1v) is 11.7. The molecular weight excluding hydrogens is 364 g/mol. The maximum absolute atomic E-state index is 11.8. The Morgan fingerprint density at radius 2 is 1.57 bits per heavy atom. The maximum Gasteiger partial charge on any atom is 0.175 e. The Bertz CT molecular complexity index is 1310. The smallest absolute Gasteiger partial charge is 0.175 e. The molecule has 3 heteroatoms. The van der Waals surface area contributed by atoms with Crippen LogP contribution in [0.1, 0.15) is 29.5 Å². The quantitative estimate of drug-likeness (QED) is 0.674. The van der Waals surface area contributed by atoms with Crippen LogP contribution >= 0.6 is 0 Å². The Kier molecular flexibility index (Phi) is 4.02. The lowest BCUT2D eigenvalue weighted by atomic mass is 9.83. The van der Waals surface area contributed by atoms with Gasteiger partial charge >= 0.3 is 0 Å². The third kappa shape index (κ3) is 2.82. The molecule has 2 aliphatic carbocycles. The molecule has 0 N–H and O–H groups in total. The van der Waals surface area contributed by atoms with E-state index in [2.05, 4.69) is 42.5 Å². The molecule has 0 bridgehead atoms. The van der Waals surface area contributed by atoms with Gasteiger partial charge in [0.25, 0.3) is 0 Å². The van der Waals surface area contributed by atoms with Gasteiger partial charge in [-0.15, -0.1) is 0 Å². The van der Waals surface area contributed by atoms with Crippen LogP contribution in [-0.2, 0) is 22.7 Å². The third-order valence-electron chi connectivity index (χ3n) is 5.97. The molecule has 3 aromatic carbocycles. The van der Waals surface area contributed by atoms with Gasteiger partial charge in [0.05, 0.1) is 4.90 Å². The molecule has 0 aliphatic heterocycles. The lowest BCUT2D eigenvalue weighted by Crippen LogP contribution is -2.36. The van der Waals surface area contributed by atoms with Gasteiger partial charge < -0.3 is 0 Å². The molecule has 0 unspecified atom stereocenters. The largest absolute Gasteiger partial charge is 0.224 e. The predicted octanol–water partition coefficient (Wildman–Crippen LogP) is 3.63. The number of hydrogen-bond acceptors (Lipinski definition) is 2. The molecule has 5 rings (SSSR count). The van der Waals surface area contributed by atoms with E-state index >= 15 is 0 Å². The standard InChI is InChI=1S/C25H22O2S/c1-28(26,27)20-13-9-18(10-14-20)22-8-4-6-19-12-15-23-21-7-3-2-5-17(21)11-16-24(23)25(19)22/h2-3,5,7,9-10,12-16H,4,6,8,11H2,1H3. The highest BCUT2D eigenvalue weighted by Gasteiger charge is 2.18. The van der Waals surface area contributed by atoms with Crippen molar-refractivity contribution in [3.63, 3.8) is 0 Å². The molecule has 0 fully saturated rings. The normalized spacial score (nSPS) is 15.2. The Hall–Kier alpha value is -2.65. The van der Waals surface area contributed by atoms with Crippen molar-refractivity contribution in [1.29, 1.82) is 0 Å². The van der Waals surface area contributed by atoms with Crippen molar-refractivity contribution in [2.45, 2.75) is 30.6 Å². The molecule has 0 saturated heterocycles. The summed E-state index contributed by atoms with van der Waals surface area (Å²) in [5.74, 6) is 0. The highest BCUT2D eigenvalue weighted by Crippen LogP contribution is 2.27. The Labute approximate surface area is 165 Å². The van der Waals surface area contributed by atoms with Gasteiger partial charge in [-0.25, -0.2) is 8.42 Å². The molecule has 2 nitrogen and oxygen atoms in total. The summed E-state index contributed by atoms with van der Waals surface area (Å²) in [5.41, 5.74) is 7.91. The molecule has 2 aliphatic rings. The van der Waals surface area contributed by atoms with E-state index in [4.69, 9.17) is 0 Å². The van der Waals surface area contributed by atoms with Crippen LogP contribution in [0.3, 0.4) is 0 Å². The first kappa shape index (κ1) is 17.4. The maximum atomic E-state index is 11.8. The van der Waals surface area contributed by atoms with E-state index in [0.29, 0.717) is 4.90 Å². The van der Waals surface area contributed by atoms with E-state index in [-0.39, 0.29) is 0 Å². The van der Waals surface area contributed by atoms with Crippen LogP contribution in [0.25, 0.3) is 22.8 Å². The fourth-order valence-corrected chi connectivity index (χ4v) is 5.25. The zero-order valence-electron chi connectivity index (χ0n) is 15.9. The zero-order valence-corrected chi connectivity index (χ0v) is 16.7. The Morgan fingerprint density at radius 1 is 0.786 bits per heavy atom. The predicted molar refractivity (Wildman–Crippen MR) is 114 cm³/mol. The highest BCUT2D eigenvalue weighted by molar-refractivity contribution is 7.90. The van der Waals surface area contributed by atoms with E-state index < -0.39 is 9.84 Å². The summed E-state index contributed by atoms with van der Waals surface area (Å²) in [5, 5.41) is 2.71. The fraction of sp³-hybridized carbons (Fsp3) is 0.200. The summed E-state index contributed by atoms with van der Waals surface area (Å²) in [6, 6.07) is 20.6. The van der Waals surface area contributed by atoms with Gasteiger partial charge in [0.15, 0.2) is 9.84 Å². The van der Waals surface area contributed by atoms with Crippen molar-refractivity contribution in [3.05, 3.63) is 87.8 Å². The number of rotatable bonds is 2. The van der Waals surface area contributed by atoms with Gasteiger partial charge in [0.1, 0.15) is 0 Å². The third-order valence-corrected chi connectivity index (χ3v) is 7.10. The Morgan fingerprint density at radius 3 is 2.36 bits per heavy atom. The summed E-state index contributed by atoms with van der Waals surface area (Å²) in [6.45, 7) is 0. The summed E-state index contributed by atoms with van der Waals surface area (Å²) >= 11 is 0. The van der Waals surface area contributed by atoms with Gasteiger partial charge in [-0.2, -0.15) is 0 Å². The average Bonchev–Trinajstić information content (AvgIpc) is 2.72. The number of sulfone groups is 1. The lowest BCUT2D eigenvalue weighted by molar-refractivity contribution is 0.602. The SMILES string of the molecule is CS(=O)(=O)c1ccc(C2=c3c(ccc4c3=CCc3ccccc3-4)CCC2)cc1. The van der Waals surface area contributed by atoms with Gasteiger partial charge in [0.2, 0.25) is 0 Å². The first-order chi connectivity index (χ1) is 13.5. The number of aryl methyl sites for hydroxylation is 1. The molecule has 28 heavy (non-hydrogen) atoms. The van der Waals surface area contributed by atoms with E-state index in [9.17, 15) is 8.42 Å². The van der Waals surface area contributed by atoms with Crippen LogP contribution in [-0.4, -0.2) is 14.7 Å². The number of benzene rings is 3. The van der Waals surface area contributed by atoms with Crippen molar-refractivity contribution in [1.82, 2.24) is 0 Å². The lowest BCUT2D eigenvalue weighted by Gasteiger charge is -2.21. The van der Waals surface area contributed by atoms with E-state index in [1.807, 2.05) is 12.1 Å². The molecule has 140 valence electrons. The minimum Gasteiger partial charge on any atom is -0.224 e. The summed E-state index contributed by atoms with van der Waals surface area (Å²) in [7, 11) is -3.17. The van der Waals surface area contributed by atoms with Crippen molar-refractivity contribution in [2.75, 3.05) is 6.26 Å². The minimum atomic E-state index is -3.17. The second-order valence-corrected chi connectivity index (χ2v) is 9.77. The van der Waals surface area contributed by atoms with Crippen molar-refractivity contribution in [3.8, 4) is 11.1 Å². The second-order valence-electron chi connectivity index (χ2n) is 7.75. The monoisotopic (exact) mass is 386 g/mol. The van der Waals surface area contributed by atoms with Gasteiger partial charge in [-0.3, -0.25) is 0 Å². The van der Waals surface area contributed by atoms with Crippen molar-refractivity contribution >= 4 is 21.5 Å². The molecule has 0 spiro atoms. The van der Waals surface area contributed by atoms with Crippen LogP contribution in [0.5, 0.6) is 0 Å². The van der Waals surface area contributed by atoms with E-state index in [1.165, 1.54) is 44.5 Å². The molecule has 0 heterocycles. The summed E-state index contributed by atoms with van der Waals surface area (Å²) in [6.07, 6.45) is 7.84. The molecule has 0 radical (unpaired) electrons. The summed E-state index contributed by atoms with van der Waals surface area (Å²) in [4.78, 5) is 0.378. The van der Waals surface area contributed by atoms with Crippen molar-refractivity contribution in [2.24, 2.45) is 0 Å². The zero-order chi connectivity index (χ0) is 19.3. The van der Waals surface area contributed by atoms with Gasteiger partial charge in [0, 0.05) is 6.26 Å². The molecular formula is C25H22O2S. The molecule has 3 aromatic rings. The number of fused-ring (bicyclic) bond motifs is 5. The van der Waals surface area contributed by atoms with Crippen LogP contribution in [0.15, 0.2) is 65.6 Å². The summed E-state index contributed by atoms with van der Waals surface area (Å²) < 4.78 is 23.6. The van der Waals surface area contributed by atoms with Gasteiger partial charge in [-0.05, 0) is 81.6 Å². The van der Waals surface area contributed by atoms with Crippen LogP contribution in [0.2, 0.25) is 0 Å². The van der Waals surface area contributed by atoms with Crippen LogP contribution in [0, 0.1) is 0 Å². The fourth-order valence-electron chi connectivity index (χ4n) is 4.62. The van der Waals surface area contributed by atoms with Crippen molar-refractivity contribution < 1.29 is 8.42 Å². The van der Waals surface area contributed by atoms with Gasteiger partial charge in [-0.1, -0.05) is 54.6 Å². The second kappa shape index (κ2) is 6.46. The van der Waals surface area contributed by atoms with Crippen LogP contribution in [0.4, 0.5) is 0 Å². The Balaban J connectivity index is 1.79. The van der Waals surface area contributed by atoms with Crippen LogP contribution < -0.4 is 10.4 Å². The topological polar surface area (TPSA) is 34.1 Å². The number of hydrogen-bond donors (Lipinski definition) is 0. The molecule has 0 atom stereocenters. The molecule has 0 amide bonds. The highest BCUT2D eigenvalue weighted by atomic mass is 32.2. The first-order valence-electron chi connectivity index (χ1n) is 9.76. The minimum absolute atomic E-state index is 0.378. The van der Waals surface area contributed by atoms with E-state index in [1.54, 1.807) is 12.1 Å². The molecule has 0 saturated carbocycles. The molecule has 0 aromatic heterocycles.